The SMILES string of the molecule is Cc1ccccc1C(=O)NNc1ncnc(Nc2ncc(C(F)(F)F)cc2Cl)c1[N+](=O)[O-]. The molecule has 0 aliphatic heterocycles. The van der Waals surface area contributed by atoms with Crippen molar-refractivity contribution < 1.29 is 22.9 Å². The van der Waals surface area contributed by atoms with Crippen LogP contribution in [0, 0.1) is 17.0 Å². The zero-order valence-corrected chi connectivity index (χ0v) is 16.8. The zero-order valence-electron chi connectivity index (χ0n) is 16.1. The monoisotopic (exact) mass is 467 g/mol. The molecule has 0 unspecified atom stereocenters. The fraction of sp³-hybridized carbons (Fsp3) is 0.111. The summed E-state index contributed by atoms with van der Waals surface area (Å²) in [6.07, 6.45) is -3.21. The molecule has 3 rings (SSSR count). The van der Waals surface area contributed by atoms with E-state index < -0.39 is 39.1 Å². The summed E-state index contributed by atoms with van der Waals surface area (Å²) in [6, 6.07) is 7.29. The molecule has 14 heteroatoms. The van der Waals surface area contributed by atoms with Crippen molar-refractivity contribution in [3.63, 3.8) is 0 Å². The van der Waals surface area contributed by atoms with E-state index >= 15 is 0 Å². The van der Waals surface area contributed by atoms with E-state index in [0.29, 0.717) is 23.4 Å². The molecule has 0 aliphatic rings. The smallest absolute Gasteiger partial charge is 0.318 e. The molecule has 0 atom stereocenters. The molecule has 0 saturated heterocycles. The number of amides is 1. The van der Waals surface area contributed by atoms with Crippen LogP contribution in [0.2, 0.25) is 5.02 Å². The second-order valence-electron chi connectivity index (χ2n) is 6.25. The zero-order chi connectivity index (χ0) is 23.5. The number of hydrazine groups is 1. The maximum atomic E-state index is 12.8. The van der Waals surface area contributed by atoms with Crippen LogP contribution in [0.4, 0.5) is 36.3 Å². The van der Waals surface area contributed by atoms with Crippen LogP contribution in [0.25, 0.3) is 0 Å². The summed E-state index contributed by atoms with van der Waals surface area (Å²) in [7, 11) is 0. The lowest BCUT2D eigenvalue weighted by molar-refractivity contribution is -0.383. The lowest BCUT2D eigenvalue weighted by Crippen LogP contribution is -2.30. The number of aromatic nitrogens is 3. The summed E-state index contributed by atoms with van der Waals surface area (Å²) in [4.78, 5) is 34.1. The number of nitro groups is 1. The largest absolute Gasteiger partial charge is 0.417 e. The van der Waals surface area contributed by atoms with Gasteiger partial charge in [-0.1, -0.05) is 29.8 Å². The van der Waals surface area contributed by atoms with Crippen molar-refractivity contribution in [2.75, 3.05) is 10.7 Å². The number of hydrogen-bond acceptors (Lipinski definition) is 8. The molecule has 2 heterocycles. The first-order valence-corrected chi connectivity index (χ1v) is 9.07. The number of benzene rings is 1. The second-order valence-corrected chi connectivity index (χ2v) is 6.66. The molecule has 1 amide bonds. The molecule has 0 radical (unpaired) electrons. The quantitative estimate of drug-likeness (QED) is 0.361. The van der Waals surface area contributed by atoms with Crippen molar-refractivity contribution in [3.05, 3.63) is 74.7 Å². The van der Waals surface area contributed by atoms with Gasteiger partial charge in [-0.25, -0.2) is 15.0 Å². The molecule has 2 aromatic heterocycles. The van der Waals surface area contributed by atoms with E-state index in [1.807, 2.05) is 0 Å². The molecule has 10 nitrogen and oxygen atoms in total. The predicted octanol–water partition coefficient (Wildman–Crippen LogP) is 4.26. The van der Waals surface area contributed by atoms with Gasteiger partial charge in [0, 0.05) is 11.8 Å². The van der Waals surface area contributed by atoms with E-state index in [1.165, 1.54) is 0 Å². The van der Waals surface area contributed by atoms with Gasteiger partial charge in [0.25, 0.3) is 5.91 Å². The van der Waals surface area contributed by atoms with E-state index in [1.54, 1.807) is 31.2 Å². The minimum atomic E-state index is -4.66. The Morgan fingerprint density at radius 2 is 1.81 bits per heavy atom. The standard InChI is InChI=1S/C18H13ClF3N7O3/c1-9-4-2-3-5-11(9)17(30)28-27-16-13(29(31)32)15(24-8-25-16)26-14-12(19)6-10(7-23-14)18(20,21)22/h2-8H,1H3,(H,28,30)(H2,23,24,25,26,27). The fourth-order valence-electron chi connectivity index (χ4n) is 2.54. The van der Waals surface area contributed by atoms with E-state index in [4.69, 9.17) is 11.6 Å². The highest BCUT2D eigenvalue weighted by atomic mass is 35.5. The Bertz CT molecular complexity index is 1190. The molecule has 166 valence electrons. The highest BCUT2D eigenvalue weighted by Gasteiger charge is 2.32. The van der Waals surface area contributed by atoms with Crippen molar-refractivity contribution in [2.45, 2.75) is 13.1 Å². The summed E-state index contributed by atoms with van der Waals surface area (Å²) >= 11 is 5.83. The summed E-state index contributed by atoms with van der Waals surface area (Å²) in [5.41, 5.74) is 3.87. The van der Waals surface area contributed by atoms with Gasteiger partial charge in [-0.15, -0.1) is 0 Å². The van der Waals surface area contributed by atoms with Gasteiger partial charge >= 0.3 is 11.9 Å². The molecule has 0 fully saturated rings. The first kappa shape index (κ1) is 22.7. The topological polar surface area (TPSA) is 135 Å². The first-order valence-electron chi connectivity index (χ1n) is 8.69. The van der Waals surface area contributed by atoms with Crippen LogP contribution >= 0.6 is 11.6 Å². The number of rotatable bonds is 6. The van der Waals surface area contributed by atoms with Gasteiger partial charge in [0.1, 0.15) is 6.33 Å². The normalized spacial score (nSPS) is 11.0. The number of hydrogen-bond donors (Lipinski definition) is 3. The fourth-order valence-corrected chi connectivity index (χ4v) is 2.76. The van der Waals surface area contributed by atoms with E-state index in [9.17, 15) is 28.1 Å². The summed E-state index contributed by atoms with van der Waals surface area (Å²) in [5, 5.41) is 13.6. The number of halogens is 4. The van der Waals surface area contributed by atoms with Crippen molar-refractivity contribution in [1.82, 2.24) is 20.4 Å². The third-order valence-electron chi connectivity index (χ3n) is 4.09. The van der Waals surface area contributed by atoms with Crippen LogP contribution in [0.15, 0.2) is 42.9 Å². The summed E-state index contributed by atoms with van der Waals surface area (Å²) < 4.78 is 38.3. The highest BCUT2D eigenvalue weighted by molar-refractivity contribution is 6.33. The second kappa shape index (κ2) is 9.01. The number of alkyl halides is 3. The molecule has 32 heavy (non-hydrogen) atoms. The minimum absolute atomic E-state index is 0.295. The van der Waals surface area contributed by atoms with Crippen LogP contribution in [-0.2, 0) is 6.18 Å². The molecular formula is C18H13ClF3N7O3. The molecule has 0 spiro atoms. The van der Waals surface area contributed by atoms with Gasteiger partial charge in [0.05, 0.1) is 15.5 Å². The van der Waals surface area contributed by atoms with Crippen molar-refractivity contribution in [3.8, 4) is 0 Å². The average Bonchev–Trinajstić information content (AvgIpc) is 2.73. The maximum absolute atomic E-state index is 12.8. The van der Waals surface area contributed by atoms with Gasteiger partial charge in [0.2, 0.25) is 11.6 Å². The van der Waals surface area contributed by atoms with Crippen LogP contribution in [0.1, 0.15) is 21.5 Å². The van der Waals surface area contributed by atoms with Crippen LogP contribution in [0.5, 0.6) is 0 Å². The third-order valence-corrected chi connectivity index (χ3v) is 4.38. The lowest BCUT2D eigenvalue weighted by atomic mass is 10.1. The van der Waals surface area contributed by atoms with Gasteiger partial charge in [0.15, 0.2) is 5.82 Å². The van der Waals surface area contributed by atoms with E-state index in [-0.39, 0.29) is 11.6 Å². The number of nitrogens with one attached hydrogen (secondary N) is 3. The summed E-state index contributed by atoms with van der Waals surface area (Å²) in [6.45, 7) is 1.71. The molecule has 3 N–H and O–H groups in total. The summed E-state index contributed by atoms with van der Waals surface area (Å²) in [5.74, 6) is -1.65. The number of aryl methyl sites for hydroxylation is 1. The lowest BCUT2D eigenvalue weighted by Gasteiger charge is -2.12. The molecule has 0 saturated carbocycles. The number of carbonyl (C=O) groups is 1. The Morgan fingerprint density at radius 1 is 1.12 bits per heavy atom. The van der Waals surface area contributed by atoms with Gasteiger partial charge in [-0.3, -0.25) is 25.8 Å². The number of nitrogens with zero attached hydrogens (tertiary/aromatic N) is 4. The average molecular weight is 468 g/mol. The molecular weight excluding hydrogens is 455 g/mol. The number of carbonyl (C=O) groups excluding carboxylic acids is 1. The Balaban J connectivity index is 1.86. The third kappa shape index (κ3) is 5.00. The Hall–Kier alpha value is -4.00. The van der Waals surface area contributed by atoms with E-state index in [0.717, 1.165) is 6.33 Å². The van der Waals surface area contributed by atoms with E-state index in [2.05, 4.69) is 31.1 Å². The number of anilines is 3. The van der Waals surface area contributed by atoms with Crippen LogP contribution in [-0.4, -0.2) is 25.8 Å². The molecule has 0 bridgehead atoms. The predicted molar refractivity (Wildman–Crippen MR) is 108 cm³/mol. The first-order chi connectivity index (χ1) is 15.1. The minimum Gasteiger partial charge on any atom is -0.318 e. The Morgan fingerprint density at radius 3 is 2.44 bits per heavy atom. The van der Waals surface area contributed by atoms with Gasteiger partial charge in [-0.05, 0) is 24.6 Å². The number of pyridine rings is 1. The van der Waals surface area contributed by atoms with Crippen molar-refractivity contribution in [1.29, 1.82) is 0 Å². The van der Waals surface area contributed by atoms with Crippen molar-refractivity contribution >= 4 is 40.6 Å². The highest BCUT2D eigenvalue weighted by Crippen LogP contribution is 2.35. The molecule has 3 aromatic rings. The molecule has 0 aliphatic carbocycles. The maximum Gasteiger partial charge on any atom is 0.417 e. The Kier molecular flexibility index (Phi) is 6.39. The van der Waals surface area contributed by atoms with Gasteiger partial charge < -0.3 is 5.32 Å². The van der Waals surface area contributed by atoms with Crippen LogP contribution in [0.3, 0.4) is 0 Å². The van der Waals surface area contributed by atoms with Gasteiger partial charge in [-0.2, -0.15) is 13.2 Å². The molecule has 1 aromatic carbocycles. The van der Waals surface area contributed by atoms with Crippen molar-refractivity contribution in [2.24, 2.45) is 0 Å². The van der Waals surface area contributed by atoms with Crippen LogP contribution < -0.4 is 16.2 Å². The Labute approximate surface area is 183 Å².